The molecule has 0 saturated heterocycles. The molecule has 1 saturated carbocycles. The maximum absolute atomic E-state index is 6.39. The fraction of sp³-hybridized carbons (Fsp3) is 0.576. The zero-order valence-corrected chi connectivity index (χ0v) is 22.9. The normalized spacial score (nSPS) is 29.7. The van der Waals surface area contributed by atoms with Gasteiger partial charge in [0.15, 0.2) is 0 Å². The maximum atomic E-state index is 6.39. The summed E-state index contributed by atoms with van der Waals surface area (Å²) in [6.07, 6.45) is 26.2. The molecule has 2 atom stereocenters. The first kappa shape index (κ1) is 26.6. The average molecular weight is 461 g/mol. The van der Waals surface area contributed by atoms with Crippen LogP contribution in [-0.4, -0.2) is 6.61 Å². The highest BCUT2D eigenvalue weighted by Crippen LogP contribution is 2.42. The van der Waals surface area contributed by atoms with Crippen molar-refractivity contribution in [3.63, 3.8) is 0 Å². The lowest BCUT2D eigenvalue weighted by Crippen LogP contribution is -2.23. The Morgan fingerprint density at radius 2 is 1.71 bits per heavy atom. The molecule has 1 unspecified atom stereocenters. The Kier molecular flexibility index (Phi) is 8.72. The summed E-state index contributed by atoms with van der Waals surface area (Å²) in [4.78, 5) is 0. The van der Waals surface area contributed by atoms with Crippen molar-refractivity contribution in [3.8, 4) is 0 Å². The lowest BCUT2D eigenvalue weighted by atomic mass is 9.71. The molecule has 186 valence electrons. The van der Waals surface area contributed by atoms with Crippen LogP contribution >= 0.6 is 0 Å². The Morgan fingerprint density at radius 3 is 2.38 bits per heavy atom. The lowest BCUT2D eigenvalue weighted by Gasteiger charge is -2.33. The van der Waals surface area contributed by atoms with E-state index in [1.54, 1.807) is 0 Å². The topological polar surface area (TPSA) is 9.23 Å². The summed E-state index contributed by atoms with van der Waals surface area (Å²) in [5.41, 5.74) is 5.39. The second-order valence-corrected chi connectivity index (χ2v) is 12.3. The first-order chi connectivity index (χ1) is 16.0. The standard InChI is InChI=1S/C33H48O/c1-24(2)9-13-27(5)33(8)20-28(14-17-30(21-33)29-15-10-25(3)11-16-29)23-34-31-18-12-26(4)19-32(6,7)22-31/h12,14,17-22,25,27,29H,1,9-11,13,15-16,23H2,2-8H3/t25?,27-,29?,33?/m0/s1. The molecule has 0 N–H and O–H groups in total. The van der Waals surface area contributed by atoms with E-state index in [9.17, 15) is 0 Å². The van der Waals surface area contributed by atoms with Crippen molar-refractivity contribution in [1.29, 1.82) is 0 Å². The van der Waals surface area contributed by atoms with E-state index in [2.05, 4.69) is 104 Å². The quantitative estimate of drug-likeness (QED) is 0.327. The van der Waals surface area contributed by atoms with E-state index in [0.29, 0.717) is 18.4 Å². The zero-order chi connectivity index (χ0) is 24.9. The van der Waals surface area contributed by atoms with Gasteiger partial charge in [-0.3, -0.25) is 0 Å². The zero-order valence-electron chi connectivity index (χ0n) is 22.9. The molecule has 0 heterocycles. The van der Waals surface area contributed by atoms with Crippen LogP contribution in [0.5, 0.6) is 0 Å². The summed E-state index contributed by atoms with van der Waals surface area (Å²) in [7, 11) is 0. The molecule has 0 aromatic carbocycles. The van der Waals surface area contributed by atoms with Gasteiger partial charge in [0.1, 0.15) is 12.4 Å². The molecule has 0 aliphatic heterocycles. The number of hydrogen-bond acceptors (Lipinski definition) is 1. The third kappa shape index (κ3) is 7.49. The molecule has 1 nitrogen and oxygen atoms in total. The molecule has 0 spiro atoms. The minimum Gasteiger partial charge on any atom is -0.489 e. The van der Waals surface area contributed by atoms with Crippen molar-refractivity contribution >= 4 is 0 Å². The number of hydrogen-bond donors (Lipinski definition) is 0. The van der Waals surface area contributed by atoms with Crippen LogP contribution in [-0.2, 0) is 4.74 Å². The highest BCUT2D eigenvalue weighted by atomic mass is 16.5. The molecule has 1 fully saturated rings. The van der Waals surface area contributed by atoms with Gasteiger partial charge in [-0.15, -0.1) is 6.58 Å². The Morgan fingerprint density at radius 1 is 1.00 bits per heavy atom. The molecule has 0 aromatic rings. The Bertz CT molecular complexity index is 924. The molecule has 0 bridgehead atoms. The van der Waals surface area contributed by atoms with E-state index in [1.807, 2.05) is 0 Å². The van der Waals surface area contributed by atoms with Crippen molar-refractivity contribution in [2.75, 3.05) is 6.61 Å². The van der Waals surface area contributed by atoms with E-state index in [4.69, 9.17) is 4.74 Å². The van der Waals surface area contributed by atoms with Crippen LogP contribution < -0.4 is 0 Å². The average Bonchev–Trinajstić information content (AvgIpc) is 3.01. The van der Waals surface area contributed by atoms with E-state index < -0.39 is 0 Å². The van der Waals surface area contributed by atoms with Crippen molar-refractivity contribution in [3.05, 3.63) is 83.2 Å². The fourth-order valence-electron chi connectivity index (χ4n) is 5.66. The van der Waals surface area contributed by atoms with Crippen molar-refractivity contribution in [1.82, 2.24) is 0 Å². The number of ether oxygens (including phenoxy) is 1. The van der Waals surface area contributed by atoms with Crippen molar-refractivity contribution in [2.45, 2.75) is 87.0 Å². The number of allylic oxidation sites excluding steroid dienone is 10. The molecule has 3 aliphatic rings. The van der Waals surface area contributed by atoms with Crippen LogP contribution in [0.1, 0.15) is 87.0 Å². The SMILES string of the molecule is C=C(C)CC[C@H](C)C1(C)C=C(COC2=CC(C)(C)C=C(C)C=C2)C=CC(C2CCC(C)CC2)=C1. The van der Waals surface area contributed by atoms with Crippen LogP contribution in [0.2, 0.25) is 0 Å². The third-order valence-corrected chi connectivity index (χ3v) is 8.05. The molecular formula is C33H48O. The van der Waals surface area contributed by atoms with Gasteiger partial charge in [0.25, 0.3) is 0 Å². The second-order valence-electron chi connectivity index (χ2n) is 12.3. The first-order valence-corrected chi connectivity index (χ1v) is 13.5. The minimum atomic E-state index is -0.00495. The van der Waals surface area contributed by atoms with E-state index in [1.165, 1.54) is 48.0 Å². The summed E-state index contributed by atoms with van der Waals surface area (Å²) in [6.45, 7) is 20.8. The van der Waals surface area contributed by atoms with Gasteiger partial charge in [0.05, 0.1) is 0 Å². The van der Waals surface area contributed by atoms with E-state index in [0.717, 1.165) is 24.5 Å². The van der Waals surface area contributed by atoms with Crippen LogP contribution in [0.25, 0.3) is 0 Å². The molecule has 0 amide bonds. The summed E-state index contributed by atoms with van der Waals surface area (Å²) in [5, 5.41) is 0. The van der Waals surface area contributed by atoms with Gasteiger partial charge in [0, 0.05) is 10.8 Å². The third-order valence-electron chi connectivity index (χ3n) is 8.05. The Labute approximate surface area is 210 Å². The molecule has 0 aromatic heterocycles. The second kappa shape index (κ2) is 11.1. The van der Waals surface area contributed by atoms with Crippen LogP contribution in [0, 0.1) is 28.6 Å². The Hall–Kier alpha value is -2.02. The lowest BCUT2D eigenvalue weighted by molar-refractivity contribution is 0.247. The molecule has 0 radical (unpaired) electrons. The fourth-order valence-corrected chi connectivity index (χ4v) is 5.66. The molecule has 3 aliphatic carbocycles. The largest absolute Gasteiger partial charge is 0.489 e. The van der Waals surface area contributed by atoms with E-state index in [-0.39, 0.29) is 10.8 Å². The first-order valence-electron chi connectivity index (χ1n) is 13.5. The highest BCUT2D eigenvalue weighted by molar-refractivity contribution is 5.39. The number of rotatable bonds is 8. The monoisotopic (exact) mass is 460 g/mol. The predicted molar refractivity (Wildman–Crippen MR) is 148 cm³/mol. The van der Waals surface area contributed by atoms with E-state index >= 15 is 0 Å². The predicted octanol–water partition coefficient (Wildman–Crippen LogP) is 9.68. The van der Waals surface area contributed by atoms with Gasteiger partial charge in [-0.25, -0.2) is 0 Å². The van der Waals surface area contributed by atoms with Crippen LogP contribution in [0.3, 0.4) is 0 Å². The summed E-state index contributed by atoms with van der Waals surface area (Å²) >= 11 is 0. The smallest absolute Gasteiger partial charge is 0.116 e. The summed E-state index contributed by atoms with van der Waals surface area (Å²) < 4.78 is 6.39. The van der Waals surface area contributed by atoms with Crippen molar-refractivity contribution < 1.29 is 4.74 Å². The molecule has 3 rings (SSSR count). The molecule has 1 heteroatoms. The molecule has 34 heavy (non-hydrogen) atoms. The maximum Gasteiger partial charge on any atom is 0.116 e. The van der Waals surface area contributed by atoms with Gasteiger partial charge in [-0.05, 0) is 80.6 Å². The molecular weight excluding hydrogens is 412 g/mol. The van der Waals surface area contributed by atoms with Gasteiger partial charge < -0.3 is 4.74 Å². The van der Waals surface area contributed by atoms with Gasteiger partial charge in [0.2, 0.25) is 0 Å². The highest BCUT2D eigenvalue weighted by Gasteiger charge is 2.31. The van der Waals surface area contributed by atoms with Gasteiger partial charge in [-0.2, -0.15) is 0 Å². The summed E-state index contributed by atoms with van der Waals surface area (Å²) in [5.74, 6) is 3.07. The van der Waals surface area contributed by atoms with Crippen molar-refractivity contribution in [2.24, 2.45) is 28.6 Å². The van der Waals surface area contributed by atoms with Gasteiger partial charge in [-0.1, -0.05) is 95.1 Å². The van der Waals surface area contributed by atoms with Crippen LogP contribution in [0.4, 0.5) is 0 Å². The van der Waals surface area contributed by atoms with Gasteiger partial charge >= 0.3 is 0 Å². The summed E-state index contributed by atoms with van der Waals surface area (Å²) in [6, 6.07) is 0. The Balaban J connectivity index is 1.83. The van der Waals surface area contributed by atoms with Crippen LogP contribution in [0.15, 0.2) is 83.2 Å². The minimum absolute atomic E-state index is 0.00495.